The first-order chi connectivity index (χ1) is 11.8. The molecular weight excluding hydrogens is 308 g/mol. The van der Waals surface area contributed by atoms with Crippen LogP contribution in [-0.2, 0) is 14.3 Å². The molecule has 4 rings (SSSR count). The number of rotatable bonds is 2. The topological polar surface area (TPSA) is 67.8 Å². The quantitative estimate of drug-likeness (QED) is 0.800. The number of hydrogen-bond acceptors (Lipinski definition) is 6. The third-order valence-corrected chi connectivity index (χ3v) is 5.14. The number of nitrogens with zero attached hydrogens (tertiary/aromatic N) is 4. The van der Waals surface area contributed by atoms with Crippen molar-refractivity contribution in [1.82, 2.24) is 14.9 Å². The summed E-state index contributed by atoms with van der Waals surface area (Å²) in [7, 11) is 0. The first kappa shape index (κ1) is 15.8. The molecule has 3 fully saturated rings. The molecule has 3 aliphatic heterocycles. The number of morpholine rings is 1. The lowest BCUT2D eigenvalue weighted by Crippen LogP contribution is -2.62. The fourth-order valence-corrected chi connectivity index (χ4v) is 3.98. The molecule has 0 radical (unpaired) electrons. The zero-order valence-corrected chi connectivity index (χ0v) is 13.9. The van der Waals surface area contributed by atoms with Gasteiger partial charge in [-0.2, -0.15) is 0 Å². The Bertz CT molecular complexity index is 574. The zero-order chi connectivity index (χ0) is 16.4. The van der Waals surface area contributed by atoms with Gasteiger partial charge in [-0.3, -0.25) is 4.79 Å². The fourth-order valence-electron chi connectivity index (χ4n) is 3.98. The van der Waals surface area contributed by atoms with Crippen LogP contribution in [0.2, 0.25) is 0 Å². The molecule has 3 saturated heterocycles. The number of carbonyl (C=O) groups excluding carboxylic acids is 1. The van der Waals surface area contributed by atoms with E-state index in [0.29, 0.717) is 26.3 Å². The molecule has 130 valence electrons. The molecule has 1 aromatic rings. The molecule has 1 unspecified atom stereocenters. The van der Waals surface area contributed by atoms with E-state index in [9.17, 15) is 4.79 Å². The Labute approximate surface area is 142 Å². The summed E-state index contributed by atoms with van der Waals surface area (Å²) >= 11 is 0. The fraction of sp³-hybridized carbons (Fsp3) is 0.706. The van der Waals surface area contributed by atoms with E-state index < -0.39 is 0 Å². The Kier molecular flexibility index (Phi) is 4.37. The molecule has 1 spiro atoms. The lowest BCUT2D eigenvalue weighted by atomic mass is 9.90. The summed E-state index contributed by atoms with van der Waals surface area (Å²) in [5.74, 6) is 0.867. The van der Waals surface area contributed by atoms with Gasteiger partial charge in [0.25, 0.3) is 5.91 Å². The number of hydrogen-bond donors (Lipinski definition) is 0. The summed E-state index contributed by atoms with van der Waals surface area (Å²) in [5, 5.41) is 0. The summed E-state index contributed by atoms with van der Waals surface area (Å²) in [5.41, 5.74) is -0.316. The van der Waals surface area contributed by atoms with Crippen molar-refractivity contribution < 1.29 is 14.3 Å². The second-order valence-electron chi connectivity index (χ2n) is 6.87. The Morgan fingerprint density at radius 1 is 1.17 bits per heavy atom. The number of ether oxygens (including phenoxy) is 2. The van der Waals surface area contributed by atoms with E-state index in [2.05, 4.69) is 14.9 Å². The number of carbonyl (C=O) groups is 1. The van der Waals surface area contributed by atoms with Crippen LogP contribution in [0.15, 0.2) is 18.5 Å². The van der Waals surface area contributed by atoms with Crippen molar-refractivity contribution in [3.63, 3.8) is 0 Å². The van der Waals surface area contributed by atoms with E-state index in [0.717, 1.165) is 44.7 Å². The predicted octanol–water partition coefficient (Wildman–Crippen LogP) is 0.853. The van der Waals surface area contributed by atoms with Crippen LogP contribution < -0.4 is 4.90 Å². The Morgan fingerprint density at radius 2 is 2.04 bits per heavy atom. The standard InChI is InChI=1S/C17H24N4O3/c22-15(14-4-1-10-23-14)20-9-11-24-17(12-20)5-2-8-21(13-17)16-18-6-3-7-19-16/h3,6-7,14H,1-2,4-5,8-13H2/t14-,17?/m1/s1. The van der Waals surface area contributed by atoms with Crippen molar-refractivity contribution >= 4 is 11.9 Å². The molecule has 1 aromatic heterocycles. The summed E-state index contributed by atoms with van der Waals surface area (Å²) in [6.07, 6.45) is 7.07. The molecule has 0 aliphatic carbocycles. The van der Waals surface area contributed by atoms with Crippen LogP contribution >= 0.6 is 0 Å². The van der Waals surface area contributed by atoms with E-state index in [1.165, 1.54) is 0 Å². The molecule has 1 amide bonds. The lowest BCUT2D eigenvalue weighted by molar-refractivity contribution is -0.160. The number of piperidine rings is 1. The number of amides is 1. The predicted molar refractivity (Wildman–Crippen MR) is 87.7 cm³/mol. The van der Waals surface area contributed by atoms with Crippen molar-refractivity contribution in [3.05, 3.63) is 18.5 Å². The van der Waals surface area contributed by atoms with Crippen LogP contribution in [0, 0.1) is 0 Å². The van der Waals surface area contributed by atoms with E-state index in [-0.39, 0.29) is 17.6 Å². The van der Waals surface area contributed by atoms with Crippen LogP contribution in [-0.4, -0.2) is 71.9 Å². The minimum Gasteiger partial charge on any atom is -0.369 e. The van der Waals surface area contributed by atoms with Gasteiger partial charge in [0.1, 0.15) is 11.7 Å². The smallest absolute Gasteiger partial charge is 0.251 e. The van der Waals surface area contributed by atoms with Gasteiger partial charge >= 0.3 is 0 Å². The van der Waals surface area contributed by atoms with Gasteiger partial charge in [0.05, 0.1) is 19.7 Å². The Balaban J connectivity index is 1.46. The average molecular weight is 332 g/mol. The van der Waals surface area contributed by atoms with Gasteiger partial charge in [0.15, 0.2) is 0 Å². The zero-order valence-electron chi connectivity index (χ0n) is 13.9. The van der Waals surface area contributed by atoms with Gasteiger partial charge in [0.2, 0.25) is 5.95 Å². The number of aromatic nitrogens is 2. The van der Waals surface area contributed by atoms with Gasteiger partial charge in [-0.25, -0.2) is 9.97 Å². The minimum atomic E-state index is -0.316. The summed E-state index contributed by atoms with van der Waals surface area (Å²) in [6, 6.07) is 1.82. The van der Waals surface area contributed by atoms with Crippen molar-refractivity contribution in [1.29, 1.82) is 0 Å². The molecule has 0 bridgehead atoms. The maximum atomic E-state index is 12.7. The van der Waals surface area contributed by atoms with Crippen molar-refractivity contribution in [2.45, 2.75) is 37.4 Å². The minimum absolute atomic E-state index is 0.128. The third-order valence-electron chi connectivity index (χ3n) is 5.14. The molecule has 7 heteroatoms. The van der Waals surface area contributed by atoms with Crippen molar-refractivity contribution in [2.75, 3.05) is 44.3 Å². The summed E-state index contributed by atoms with van der Waals surface area (Å²) < 4.78 is 11.7. The SMILES string of the molecule is O=C([C@H]1CCCO1)N1CCOC2(CCCN(c3ncccn3)C2)C1. The first-order valence-corrected chi connectivity index (χ1v) is 8.82. The maximum Gasteiger partial charge on any atom is 0.251 e. The highest BCUT2D eigenvalue weighted by Crippen LogP contribution is 2.31. The molecule has 0 aromatic carbocycles. The Hall–Kier alpha value is -1.73. The second kappa shape index (κ2) is 6.64. The lowest BCUT2D eigenvalue weighted by Gasteiger charge is -2.48. The van der Waals surface area contributed by atoms with Gasteiger partial charge in [-0.1, -0.05) is 0 Å². The van der Waals surface area contributed by atoms with Gasteiger partial charge in [-0.15, -0.1) is 0 Å². The van der Waals surface area contributed by atoms with E-state index in [1.54, 1.807) is 12.4 Å². The number of anilines is 1. The van der Waals surface area contributed by atoms with Crippen LogP contribution in [0.25, 0.3) is 0 Å². The molecule has 2 atom stereocenters. The molecule has 3 aliphatic rings. The van der Waals surface area contributed by atoms with Crippen LogP contribution in [0.5, 0.6) is 0 Å². The largest absolute Gasteiger partial charge is 0.369 e. The van der Waals surface area contributed by atoms with Crippen LogP contribution in [0.3, 0.4) is 0 Å². The normalized spacial score (nSPS) is 30.8. The molecule has 7 nitrogen and oxygen atoms in total. The molecule has 4 heterocycles. The molecule has 24 heavy (non-hydrogen) atoms. The monoisotopic (exact) mass is 332 g/mol. The molecular formula is C17H24N4O3. The van der Waals surface area contributed by atoms with Gasteiger partial charge < -0.3 is 19.3 Å². The van der Waals surface area contributed by atoms with E-state index in [4.69, 9.17) is 9.47 Å². The highest BCUT2D eigenvalue weighted by Gasteiger charge is 2.43. The average Bonchev–Trinajstić information content (AvgIpc) is 3.17. The summed E-state index contributed by atoms with van der Waals surface area (Å²) in [4.78, 5) is 25.5. The van der Waals surface area contributed by atoms with E-state index in [1.807, 2.05) is 11.0 Å². The first-order valence-electron chi connectivity index (χ1n) is 8.82. The second-order valence-corrected chi connectivity index (χ2v) is 6.87. The highest BCUT2D eigenvalue weighted by atomic mass is 16.5. The van der Waals surface area contributed by atoms with Crippen molar-refractivity contribution in [2.24, 2.45) is 0 Å². The third kappa shape index (κ3) is 3.10. The Morgan fingerprint density at radius 3 is 2.83 bits per heavy atom. The summed E-state index contributed by atoms with van der Waals surface area (Å²) in [6.45, 7) is 4.23. The van der Waals surface area contributed by atoms with Crippen LogP contribution in [0.1, 0.15) is 25.7 Å². The van der Waals surface area contributed by atoms with Crippen LogP contribution in [0.4, 0.5) is 5.95 Å². The highest BCUT2D eigenvalue weighted by molar-refractivity contribution is 5.81. The van der Waals surface area contributed by atoms with Crippen molar-refractivity contribution in [3.8, 4) is 0 Å². The maximum absolute atomic E-state index is 12.7. The molecule has 0 saturated carbocycles. The van der Waals surface area contributed by atoms with E-state index >= 15 is 0 Å². The molecule has 0 N–H and O–H groups in total. The van der Waals surface area contributed by atoms with Gasteiger partial charge in [-0.05, 0) is 31.7 Å². The van der Waals surface area contributed by atoms with Gasteiger partial charge in [0, 0.05) is 32.1 Å².